The number of thiophene rings is 1. The first-order valence-electron chi connectivity index (χ1n) is 6.30. The van der Waals surface area contributed by atoms with Gasteiger partial charge in [0.1, 0.15) is 0 Å². The second kappa shape index (κ2) is 7.29. The van der Waals surface area contributed by atoms with E-state index in [-0.39, 0.29) is 6.04 Å². The van der Waals surface area contributed by atoms with Crippen molar-refractivity contribution in [1.29, 1.82) is 0 Å². The molecule has 0 radical (unpaired) electrons. The van der Waals surface area contributed by atoms with Crippen LogP contribution in [-0.4, -0.2) is 16.1 Å². The van der Waals surface area contributed by atoms with Crippen molar-refractivity contribution < 1.29 is 0 Å². The van der Waals surface area contributed by atoms with Crippen LogP contribution < -0.4 is 5.32 Å². The minimum absolute atomic E-state index is 0.240. The first-order valence-corrected chi connectivity index (χ1v) is 7.88. The summed E-state index contributed by atoms with van der Waals surface area (Å²) in [6.45, 7) is 4.10. The van der Waals surface area contributed by atoms with Gasteiger partial charge in [-0.05, 0) is 37.9 Å². The van der Waals surface area contributed by atoms with Crippen LogP contribution in [0.3, 0.4) is 0 Å². The Hall–Kier alpha value is -0.550. The lowest BCUT2D eigenvalue weighted by molar-refractivity contribution is 0.524. The quantitative estimate of drug-likeness (QED) is 0.768. The van der Waals surface area contributed by atoms with Gasteiger partial charge in [0.25, 0.3) is 0 Å². The van der Waals surface area contributed by atoms with Crippen molar-refractivity contribution in [2.75, 3.05) is 6.54 Å². The van der Waals surface area contributed by atoms with Crippen LogP contribution in [0.4, 0.5) is 0 Å². The van der Waals surface area contributed by atoms with Crippen molar-refractivity contribution in [3.05, 3.63) is 39.0 Å². The lowest BCUT2D eigenvalue weighted by atomic mass is 10.2. The molecule has 19 heavy (non-hydrogen) atoms. The SMILES string of the molecule is CC(NCCCCn1ccnc1)c1cc(Cl)sc1Cl. The van der Waals surface area contributed by atoms with Crippen molar-refractivity contribution in [2.24, 2.45) is 0 Å². The Bertz CT molecular complexity index is 496. The zero-order chi connectivity index (χ0) is 13.7. The molecule has 0 bridgehead atoms. The summed E-state index contributed by atoms with van der Waals surface area (Å²) in [6.07, 6.45) is 7.90. The maximum Gasteiger partial charge on any atom is 0.0991 e. The van der Waals surface area contributed by atoms with Crippen LogP contribution in [0.25, 0.3) is 0 Å². The fourth-order valence-electron chi connectivity index (χ4n) is 1.92. The van der Waals surface area contributed by atoms with Gasteiger partial charge in [-0.2, -0.15) is 0 Å². The van der Waals surface area contributed by atoms with E-state index in [2.05, 4.69) is 21.8 Å². The third-order valence-corrected chi connectivity index (χ3v) is 4.52. The lowest BCUT2D eigenvalue weighted by Crippen LogP contribution is -2.19. The summed E-state index contributed by atoms with van der Waals surface area (Å²) < 4.78 is 3.62. The molecule has 0 aliphatic heterocycles. The van der Waals surface area contributed by atoms with Crippen LogP contribution in [-0.2, 0) is 6.54 Å². The van der Waals surface area contributed by atoms with Gasteiger partial charge in [0, 0.05) is 25.0 Å². The minimum Gasteiger partial charge on any atom is -0.337 e. The largest absolute Gasteiger partial charge is 0.337 e. The molecule has 3 nitrogen and oxygen atoms in total. The first kappa shape index (κ1) is 14.9. The Morgan fingerprint density at radius 1 is 1.42 bits per heavy atom. The van der Waals surface area contributed by atoms with E-state index < -0.39 is 0 Å². The molecule has 2 heterocycles. The zero-order valence-corrected chi connectivity index (χ0v) is 13.1. The van der Waals surface area contributed by atoms with Gasteiger partial charge in [-0.1, -0.05) is 23.2 Å². The number of imidazole rings is 1. The summed E-state index contributed by atoms with van der Waals surface area (Å²) >= 11 is 13.5. The van der Waals surface area contributed by atoms with E-state index in [1.807, 2.05) is 24.8 Å². The Labute approximate surface area is 127 Å². The van der Waals surface area contributed by atoms with Gasteiger partial charge in [-0.3, -0.25) is 0 Å². The maximum absolute atomic E-state index is 6.13. The van der Waals surface area contributed by atoms with E-state index in [0.717, 1.165) is 40.2 Å². The van der Waals surface area contributed by atoms with Crippen molar-refractivity contribution >= 4 is 34.5 Å². The molecule has 6 heteroatoms. The van der Waals surface area contributed by atoms with E-state index in [4.69, 9.17) is 23.2 Å². The van der Waals surface area contributed by atoms with Crippen molar-refractivity contribution in [2.45, 2.75) is 32.4 Å². The molecule has 104 valence electrons. The molecule has 0 aliphatic rings. The van der Waals surface area contributed by atoms with E-state index in [9.17, 15) is 0 Å². The molecule has 0 aromatic carbocycles. The van der Waals surface area contributed by atoms with Gasteiger partial charge in [-0.25, -0.2) is 4.98 Å². The average Bonchev–Trinajstić information content (AvgIpc) is 2.98. The molecule has 2 aromatic rings. The third-order valence-electron chi connectivity index (χ3n) is 3.00. The van der Waals surface area contributed by atoms with Crippen LogP contribution in [0.5, 0.6) is 0 Å². The number of hydrogen-bond acceptors (Lipinski definition) is 3. The number of nitrogens with zero attached hydrogens (tertiary/aromatic N) is 2. The summed E-state index contributed by atoms with van der Waals surface area (Å²) in [4.78, 5) is 4.02. The van der Waals surface area contributed by atoms with Crippen LogP contribution in [0.15, 0.2) is 24.8 Å². The second-order valence-electron chi connectivity index (χ2n) is 4.46. The standard InChI is InChI=1S/C13H17Cl2N3S/c1-10(11-8-12(14)19-13(11)15)17-4-2-3-6-18-7-5-16-9-18/h5,7-10,17H,2-4,6H2,1H3. The fraction of sp³-hybridized carbons (Fsp3) is 0.462. The smallest absolute Gasteiger partial charge is 0.0991 e. The maximum atomic E-state index is 6.13. The normalized spacial score (nSPS) is 12.8. The average molecular weight is 318 g/mol. The molecule has 2 rings (SSSR count). The highest BCUT2D eigenvalue weighted by Gasteiger charge is 2.12. The lowest BCUT2D eigenvalue weighted by Gasteiger charge is -2.13. The second-order valence-corrected chi connectivity index (χ2v) is 6.75. The van der Waals surface area contributed by atoms with Gasteiger partial charge >= 0.3 is 0 Å². The number of rotatable bonds is 7. The topological polar surface area (TPSA) is 29.9 Å². The number of aromatic nitrogens is 2. The van der Waals surface area contributed by atoms with Crippen molar-refractivity contribution in [3.8, 4) is 0 Å². The van der Waals surface area contributed by atoms with Crippen LogP contribution in [0.2, 0.25) is 8.67 Å². The molecule has 0 saturated heterocycles. The van der Waals surface area contributed by atoms with Gasteiger partial charge in [0.15, 0.2) is 0 Å². The molecule has 2 aromatic heterocycles. The first-order chi connectivity index (χ1) is 9.16. The summed E-state index contributed by atoms with van der Waals surface area (Å²) in [5.41, 5.74) is 1.09. The summed E-state index contributed by atoms with van der Waals surface area (Å²) in [5.74, 6) is 0. The molecule has 1 unspecified atom stereocenters. The van der Waals surface area contributed by atoms with Crippen LogP contribution in [0.1, 0.15) is 31.4 Å². The predicted octanol–water partition coefficient (Wildman–Crippen LogP) is 4.38. The summed E-state index contributed by atoms with van der Waals surface area (Å²) in [7, 11) is 0. The molecule has 1 atom stereocenters. The van der Waals surface area contributed by atoms with Crippen LogP contribution in [0, 0.1) is 0 Å². The molecule has 0 fully saturated rings. The van der Waals surface area contributed by atoms with Gasteiger partial charge in [0.2, 0.25) is 0 Å². The van der Waals surface area contributed by atoms with E-state index in [1.165, 1.54) is 11.3 Å². The Morgan fingerprint density at radius 3 is 2.89 bits per heavy atom. The highest BCUT2D eigenvalue weighted by atomic mass is 35.5. The Kier molecular flexibility index (Phi) is 5.70. The minimum atomic E-state index is 0.240. The molecule has 1 N–H and O–H groups in total. The van der Waals surface area contributed by atoms with Crippen molar-refractivity contribution in [1.82, 2.24) is 14.9 Å². The number of hydrogen-bond donors (Lipinski definition) is 1. The van der Waals surface area contributed by atoms with Crippen LogP contribution >= 0.6 is 34.5 Å². The zero-order valence-electron chi connectivity index (χ0n) is 10.8. The molecule has 0 aliphatic carbocycles. The van der Waals surface area contributed by atoms with E-state index >= 15 is 0 Å². The van der Waals surface area contributed by atoms with Gasteiger partial charge < -0.3 is 9.88 Å². The van der Waals surface area contributed by atoms with Crippen molar-refractivity contribution in [3.63, 3.8) is 0 Å². The third kappa shape index (κ3) is 4.49. The number of halogens is 2. The monoisotopic (exact) mass is 317 g/mol. The summed E-state index contributed by atoms with van der Waals surface area (Å²) in [5, 5.41) is 3.47. The molecule has 0 saturated carbocycles. The highest BCUT2D eigenvalue weighted by Crippen LogP contribution is 2.34. The molecule has 0 amide bonds. The molecular formula is C13H17Cl2N3S. The van der Waals surface area contributed by atoms with Gasteiger partial charge in [0.05, 0.1) is 15.0 Å². The predicted molar refractivity (Wildman–Crippen MR) is 82.2 cm³/mol. The van der Waals surface area contributed by atoms with E-state index in [0.29, 0.717) is 0 Å². The Balaban J connectivity index is 1.66. The number of unbranched alkanes of at least 4 members (excludes halogenated alkanes) is 1. The number of aryl methyl sites for hydroxylation is 1. The Morgan fingerprint density at radius 2 is 2.26 bits per heavy atom. The number of nitrogens with one attached hydrogen (secondary N) is 1. The molecule has 0 spiro atoms. The van der Waals surface area contributed by atoms with Gasteiger partial charge in [-0.15, -0.1) is 11.3 Å². The summed E-state index contributed by atoms with van der Waals surface area (Å²) in [6, 6.07) is 2.18. The molecular weight excluding hydrogens is 301 g/mol. The van der Waals surface area contributed by atoms with E-state index in [1.54, 1.807) is 0 Å². The highest BCUT2D eigenvalue weighted by molar-refractivity contribution is 7.20. The fourth-order valence-corrected chi connectivity index (χ4v) is 3.56.